The number of rotatable bonds is 7. The van der Waals surface area contributed by atoms with Gasteiger partial charge in [-0.15, -0.1) is 0 Å². The number of hydrogen-bond donors (Lipinski definition) is 2. The van der Waals surface area contributed by atoms with Crippen molar-refractivity contribution in [2.75, 3.05) is 19.6 Å². The van der Waals surface area contributed by atoms with Crippen LogP contribution in [0.25, 0.3) is 0 Å². The molecule has 0 aromatic carbocycles. The first-order valence-electron chi connectivity index (χ1n) is 8.28. The standard InChI is InChI=1S/C16H30N2O/c1-2-15(11-13-5-3-4-6-13)16(19)18-10-8-14-7-9-17-12-14/h13-15,17H,2-12H2,1H3,(H,18,19). The maximum absolute atomic E-state index is 12.2. The van der Waals surface area contributed by atoms with Crippen molar-refractivity contribution in [2.24, 2.45) is 17.8 Å². The summed E-state index contributed by atoms with van der Waals surface area (Å²) in [7, 11) is 0. The van der Waals surface area contributed by atoms with Gasteiger partial charge in [-0.05, 0) is 50.6 Å². The molecule has 110 valence electrons. The second kappa shape index (κ2) is 7.88. The maximum atomic E-state index is 12.2. The quantitative estimate of drug-likeness (QED) is 0.744. The van der Waals surface area contributed by atoms with Crippen molar-refractivity contribution < 1.29 is 4.79 Å². The van der Waals surface area contributed by atoms with Gasteiger partial charge in [-0.25, -0.2) is 0 Å². The first-order chi connectivity index (χ1) is 9.29. The molecule has 0 aromatic rings. The number of hydrogen-bond acceptors (Lipinski definition) is 2. The number of amides is 1. The lowest BCUT2D eigenvalue weighted by Gasteiger charge is -2.19. The minimum atomic E-state index is 0.254. The second-order valence-electron chi connectivity index (χ2n) is 6.43. The molecule has 1 saturated carbocycles. The number of carbonyl (C=O) groups excluding carboxylic acids is 1. The predicted octanol–water partition coefficient (Wildman–Crippen LogP) is 2.71. The molecular weight excluding hydrogens is 236 g/mol. The molecule has 3 nitrogen and oxygen atoms in total. The van der Waals surface area contributed by atoms with Gasteiger partial charge in [0.15, 0.2) is 0 Å². The van der Waals surface area contributed by atoms with E-state index in [2.05, 4.69) is 17.6 Å². The Bertz CT molecular complexity index is 268. The molecule has 1 saturated heterocycles. The van der Waals surface area contributed by atoms with Gasteiger partial charge in [0.05, 0.1) is 0 Å². The van der Waals surface area contributed by atoms with E-state index in [1.165, 1.54) is 32.1 Å². The van der Waals surface area contributed by atoms with Crippen LogP contribution in [0.1, 0.15) is 58.3 Å². The first kappa shape index (κ1) is 14.8. The van der Waals surface area contributed by atoms with Gasteiger partial charge < -0.3 is 10.6 Å². The molecule has 0 radical (unpaired) electrons. The summed E-state index contributed by atoms with van der Waals surface area (Å²) in [6.07, 6.45) is 9.96. The van der Waals surface area contributed by atoms with E-state index < -0.39 is 0 Å². The number of carbonyl (C=O) groups is 1. The van der Waals surface area contributed by atoms with E-state index in [0.717, 1.165) is 50.7 Å². The fourth-order valence-electron chi connectivity index (χ4n) is 3.61. The summed E-state index contributed by atoms with van der Waals surface area (Å²) in [5.41, 5.74) is 0. The van der Waals surface area contributed by atoms with Gasteiger partial charge in [-0.1, -0.05) is 32.6 Å². The van der Waals surface area contributed by atoms with Gasteiger partial charge in [-0.2, -0.15) is 0 Å². The van der Waals surface area contributed by atoms with E-state index in [0.29, 0.717) is 5.91 Å². The topological polar surface area (TPSA) is 41.1 Å². The van der Waals surface area contributed by atoms with Crippen molar-refractivity contribution in [1.29, 1.82) is 0 Å². The van der Waals surface area contributed by atoms with Gasteiger partial charge >= 0.3 is 0 Å². The summed E-state index contributed by atoms with van der Waals surface area (Å²) in [5, 5.41) is 6.55. The van der Waals surface area contributed by atoms with Crippen molar-refractivity contribution in [1.82, 2.24) is 10.6 Å². The summed E-state index contributed by atoms with van der Waals surface area (Å²) in [4.78, 5) is 12.2. The third-order valence-corrected chi connectivity index (χ3v) is 4.97. The number of nitrogens with one attached hydrogen (secondary N) is 2. The first-order valence-corrected chi connectivity index (χ1v) is 8.28. The Morgan fingerprint density at radius 1 is 1.26 bits per heavy atom. The van der Waals surface area contributed by atoms with Gasteiger partial charge in [0.25, 0.3) is 0 Å². The summed E-state index contributed by atoms with van der Waals surface area (Å²) < 4.78 is 0. The van der Waals surface area contributed by atoms with E-state index in [-0.39, 0.29) is 5.92 Å². The molecule has 1 amide bonds. The van der Waals surface area contributed by atoms with Gasteiger partial charge in [0.2, 0.25) is 5.91 Å². The summed E-state index contributed by atoms with van der Waals surface area (Å²) in [6.45, 7) is 5.31. The minimum Gasteiger partial charge on any atom is -0.356 e. The maximum Gasteiger partial charge on any atom is 0.223 e. The van der Waals surface area contributed by atoms with E-state index in [1.807, 2.05) is 0 Å². The summed E-state index contributed by atoms with van der Waals surface area (Å²) >= 11 is 0. The zero-order valence-electron chi connectivity index (χ0n) is 12.4. The van der Waals surface area contributed by atoms with Crippen LogP contribution in [0.4, 0.5) is 0 Å². The van der Waals surface area contributed by atoms with Crippen molar-refractivity contribution in [3.63, 3.8) is 0 Å². The molecule has 1 aliphatic carbocycles. The van der Waals surface area contributed by atoms with E-state index in [4.69, 9.17) is 0 Å². The molecule has 2 rings (SSSR count). The molecular formula is C16H30N2O. The van der Waals surface area contributed by atoms with Crippen molar-refractivity contribution in [3.8, 4) is 0 Å². The Morgan fingerprint density at radius 3 is 2.68 bits per heavy atom. The Labute approximate surface area is 117 Å². The van der Waals surface area contributed by atoms with Crippen molar-refractivity contribution in [3.05, 3.63) is 0 Å². The molecule has 0 aromatic heterocycles. The highest BCUT2D eigenvalue weighted by Crippen LogP contribution is 2.31. The van der Waals surface area contributed by atoms with Crippen LogP contribution in [-0.2, 0) is 4.79 Å². The summed E-state index contributed by atoms with van der Waals surface area (Å²) in [6, 6.07) is 0. The third-order valence-electron chi connectivity index (χ3n) is 4.97. The molecule has 1 aliphatic heterocycles. The van der Waals surface area contributed by atoms with Crippen LogP contribution in [0, 0.1) is 17.8 Å². The third kappa shape index (κ3) is 4.79. The molecule has 2 N–H and O–H groups in total. The lowest BCUT2D eigenvalue weighted by atomic mass is 9.90. The molecule has 2 aliphatic rings. The SMILES string of the molecule is CCC(CC1CCCC1)C(=O)NCCC1CCNC1. The Kier molecular flexibility index (Phi) is 6.15. The van der Waals surface area contributed by atoms with Crippen LogP contribution in [-0.4, -0.2) is 25.5 Å². The van der Waals surface area contributed by atoms with E-state index >= 15 is 0 Å². The molecule has 2 fully saturated rings. The van der Waals surface area contributed by atoms with E-state index in [1.54, 1.807) is 0 Å². The predicted molar refractivity (Wildman–Crippen MR) is 79.0 cm³/mol. The monoisotopic (exact) mass is 266 g/mol. The van der Waals surface area contributed by atoms with Crippen LogP contribution in [0.5, 0.6) is 0 Å². The van der Waals surface area contributed by atoms with Crippen LogP contribution in [0.3, 0.4) is 0 Å². The largest absolute Gasteiger partial charge is 0.356 e. The highest BCUT2D eigenvalue weighted by molar-refractivity contribution is 5.78. The molecule has 2 unspecified atom stereocenters. The van der Waals surface area contributed by atoms with Crippen molar-refractivity contribution >= 4 is 5.91 Å². The highest BCUT2D eigenvalue weighted by Gasteiger charge is 2.24. The van der Waals surface area contributed by atoms with Gasteiger partial charge in [-0.3, -0.25) is 4.79 Å². The Morgan fingerprint density at radius 2 is 2.05 bits per heavy atom. The second-order valence-corrected chi connectivity index (χ2v) is 6.43. The lowest BCUT2D eigenvalue weighted by Crippen LogP contribution is -2.33. The zero-order valence-corrected chi connectivity index (χ0v) is 12.4. The van der Waals surface area contributed by atoms with Crippen LogP contribution < -0.4 is 10.6 Å². The van der Waals surface area contributed by atoms with Gasteiger partial charge in [0, 0.05) is 12.5 Å². The van der Waals surface area contributed by atoms with Gasteiger partial charge in [0.1, 0.15) is 0 Å². The summed E-state index contributed by atoms with van der Waals surface area (Å²) in [5.74, 6) is 2.15. The van der Waals surface area contributed by atoms with Crippen LogP contribution in [0.2, 0.25) is 0 Å². The Balaban J connectivity index is 1.64. The fourth-order valence-corrected chi connectivity index (χ4v) is 3.61. The smallest absolute Gasteiger partial charge is 0.223 e. The Hall–Kier alpha value is -0.570. The normalized spacial score (nSPS) is 25.6. The molecule has 2 atom stereocenters. The van der Waals surface area contributed by atoms with Crippen LogP contribution >= 0.6 is 0 Å². The fraction of sp³-hybridized carbons (Fsp3) is 0.938. The average molecular weight is 266 g/mol. The molecule has 19 heavy (non-hydrogen) atoms. The molecule has 1 heterocycles. The highest BCUT2D eigenvalue weighted by atomic mass is 16.1. The zero-order chi connectivity index (χ0) is 13.5. The molecule has 3 heteroatoms. The molecule has 0 bridgehead atoms. The van der Waals surface area contributed by atoms with E-state index in [9.17, 15) is 4.79 Å². The molecule has 0 spiro atoms. The lowest BCUT2D eigenvalue weighted by molar-refractivity contribution is -0.125. The van der Waals surface area contributed by atoms with Crippen molar-refractivity contribution in [2.45, 2.75) is 58.3 Å². The minimum absolute atomic E-state index is 0.254. The average Bonchev–Trinajstić information content (AvgIpc) is 3.08. The van der Waals surface area contributed by atoms with Crippen LogP contribution in [0.15, 0.2) is 0 Å².